The number of aliphatic hydroxyl groups is 1. The quantitative estimate of drug-likeness (QED) is 0.677. The lowest BCUT2D eigenvalue weighted by molar-refractivity contribution is 0.0566. The molecule has 1 heterocycles. The van der Waals surface area contributed by atoms with Gasteiger partial charge in [0.05, 0.1) is 0 Å². The molecule has 0 aliphatic carbocycles. The number of likely N-dealkylation sites (tertiary alicyclic amines) is 1. The lowest BCUT2D eigenvalue weighted by Crippen LogP contribution is -2.39. The summed E-state index contributed by atoms with van der Waals surface area (Å²) in [5, 5.41) is 9.31. The fraction of sp³-hybridized carbons (Fsp3) is 0.909. The molecule has 0 aromatic heterocycles. The number of piperidine rings is 1. The molecule has 2 heteroatoms. The molecule has 0 spiro atoms. The summed E-state index contributed by atoms with van der Waals surface area (Å²) in [5.74, 6) is 0.808. The van der Waals surface area contributed by atoms with E-state index in [0.717, 1.165) is 19.0 Å². The van der Waals surface area contributed by atoms with Gasteiger partial charge in [-0.15, -0.1) is 0 Å². The minimum absolute atomic E-state index is 0.426. The number of aliphatic hydroxyl groups excluding tert-OH is 1. The Hall–Kier alpha value is -0.0800. The molecule has 1 fully saturated rings. The predicted octanol–water partition coefficient (Wildman–Crippen LogP) is 2.63. The molecule has 1 aliphatic rings. The number of hydrogen-bond acceptors (Lipinski definition) is 2. The van der Waals surface area contributed by atoms with E-state index in [-0.39, 0.29) is 0 Å². The standard InChI is InChI=1S/C11H22NO/c1-9(13)12-7-5-10(6-8-12)11(2,3)4/h10,13H,5-8H2,1-4H3. The summed E-state index contributed by atoms with van der Waals surface area (Å²) in [6.07, 6.45) is 2.90. The van der Waals surface area contributed by atoms with E-state index in [1.807, 2.05) is 0 Å². The molecule has 1 rings (SSSR count). The molecule has 0 amide bonds. The van der Waals surface area contributed by atoms with Crippen LogP contribution in [0.3, 0.4) is 0 Å². The lowest BCUT2D eigenvalue weighted by Gasteiger charge is -2.39. The van der Waals surface area contributed by atoms with Crippen molar-refractivity contribution in [3.63, 3.8) is 0 Å². The fourth-order valence-corrected chi connectivity index (χ4v) is 2.07. The maximum absolute atomic E-state index is 9.31. The Morgan fingerprint density at radius 1 is 1.23 bits per heavy atom. The van der Waals surface area contributed by atoms with E-state index in [9.17, 15) is 5.11 Å². The highest BCUT2D eigenvalue weighted by Gasteiger charge is 2.29. The van der Waals surface area contributed by atoms with E-state index in [2.05, 4.69) is 25.7 Å². The van der Waals surface area contributed by atoms with Crippen molar-refractivity contribution in [2.75, 3.05) is 13.1 Å². The van der Waals surface area contributed by atoms with Crippen molar-refractivity contribution in [1.29, 1.82) is 0 Å². The van der Waals surface area contributed by atoms with Gasteiger partial charge in [0.15, 0.2) is 6.23 Å². The van der Waals surface area contributed by atoms with E-state index in [4.69, 9.17) is 0 Å². The largest absolute Gasteiger partial charge is 0.371 e. The zero-order chi connectivity index (χ0) is 10.1. The van der Waals surface area contributed by atoms with Crippen LogP contribution < -0.4 is 0 Å². The van der Waals surface area contributed by atoms with Crippen LogP contribution in [0.5, 0.6) is 0 Å². The molecule has 0 unspecified atom stereocenters. The van der Waals surface area contributed by atoms with E-state index in [0.29, 0.717) is 11.6 Å². The number of rotatable bonds is 1. The summed E-state index contributed by atoms with van der Waals surface area (Å²) in [6, 6.07) is 0. The SMILES string of the molecule is C[C](O)N1CCC(C(C)(C)C)CC1. The van der Waals surface area contributed by atoms with Crippen LogP contribution in [-0.2, 0) is 0 Å². The third-order valence-electron chi connectivity index (χ3n) is 3.18. The summed E-state index contributed by atoms with van der Waals surface area (Å²) in [4.78, 5) is 2.07. The normalized spacial score (nSPS) is 22.6. The van der Waals surface area contributed by atoms with Crippen LogP contribution in [0, 0.1) is 17.6 Å². The van der Waals surface area contributed by atoms with Crippen molar-refractivity contribution < 1.29 is 5.11 Å². The predicted molar refractivity (Wildman–Crippen MR) is 54.6 cm³/mol. The molecule has 0 aromatic rings. The van der Waals surface area contributed by atoms with E-state index in [1.54, 1.807) is 6.92 Å². The minimum atomic E-state index is 0.426. The number of hydrogen-bond donors (Lipinski definition) is 1. The second-order valence-corrected chi connectivity index (χ2v) is 5.17. The Bertz CT molecular complexity index is 152. The van der Waals surface area contributed by atoms with E-state index >= 15 is 0 Å². The van der Waals surface area contributed by atoms with Gasteiger partial charge in [0.1, 0.15) is 0 Å². The van der Waals surface area contributed by atoms with Crippen molar-refractivity contribution >= 4 is 0 Å². The third-order valence-corrected chi connectivity index (χ3v) is 3.18. The van der Waals surface area contributed by atoms with Gasteiger partial charge in [-0.05, 0) is 31.1 Å². The van der Waals surface area contributed by atoms with Crippen molar-refractivity contribution in [3.05, 3.63) is 6.23 Å². The first-order chi connectivity index (χ1) is 5.91. The maximum atomic E-state index is 9.31. The molecule has 0 bridgehead atoms. The average molecular weight is 184 g/mol. The van der Waals surface area contributed by atoms with Crippen molar-refractivity contribution in [3.8, 4) is 0 Å². The fourth-order valence-electron chi connectivity index (χ4n) is 2.07. The molecule has 0 saturated carbocycles. The van der Waals surface area contributed by atoms with Gasteiger partial charge in [0.2, 0.25) is 0 Å². The van der Waals surface area contributed by atoms with E-state index in [1.165, 1.54) is 12.8 Å². The Labute approximate surface area is 81.9 Å². The van der Waals surface area contributed by atoms with Crippen LogP contribution in [-0.4, -0.2) is 23.1 Å². The molecular formula is C11H22NO. The van der Waals surface area contributed by atoms with Crippen LogP contribution in [0.15, 0.2) is 0 Å². The second kappa shape index (κ2) is 3.97. The van der Waals surface area contributed by atoms with Gasteiger partial charge in [0.25, 0.3) is 0 Å². The monoisotopic (exact) mass is 184 g/mol. The zero-order valence-corrected chi connectivity index (χ0v) is 9.30. The highest BCUT2D eigenvalue weighted by molar-refractivity contribution is 4.84. The van der Waals surface area contributed by atoms with Gasteiger partial charge in [-0.3, -0.25) is 4.90 Å². The lowest BCUT2D eigenvalue weighted by atomic mass is 9.75. The van der Waals surface area contributed by atoms with Crippen molar-refractivity contribution in [1.82, 2.24) is 4.90 Å². The van der Waals surface area contributed by atoms with Crippen LogP contribution in [0.1, 0.15) is 40.5 Å². The summed E-state index contributed by atoms with van der Waals surface area (Å²) < 4.78 is 0. The number of nitrogens with zero attached hydrogens (tertiary/aromatic N) is 1. The molecule has 2 nitrogen and oxygen atoms in total. The van der Waals surface area contributed by atoms with E-state index < -0.39 is 0 Å². The minimum Gasteiger partial charge on any atom is -0.371 e. The molecular weight excluding hydrogens is 162 g/mol. The highest BCUT2D eigenvalue weighted by Crippen LogP contribution is 2.34. The van der Waals surface area contributed by atoms with Crippen molar-refractivity contribution in [2.24, 2.45) is 11.3 Å². The third kappa shape index (κ3) is 2.96. The Balaban J connectivity index is 2.39. The summed E-state index contributed by atoms with van der Waals surface area (Å²) in [5.41, 5.74) is 0.426. The Kier molecular flexibility index (Phi) is 3.36. The molecule has 1 saturated heterocycles. The van der Waals surface area contributed by atoms with Gasteiger partial charge < -0.3 is 5.11 Å². The van der Waals surface area contributed by atoms with Crippen LogP contribution in [0.2, 0.25) is 0 Å². The summed E-state index contributed by atoms with van der Waals surface area (Å²) >= 11 is 0. The van der Waals surface area contributed by atoms with Gasteiger partial charge in [-0.1, -0.05) is 20.8 Å². The molecule has 1 N–H and O–H groups in total. The smallest absolute Gasteiger partial charge is 0.158 e. The summed E-state index contributed by atoms with van der Waals surface area (Å²) in [7, 11) is 0. The van der Waals surface area contributed by atoms with Crippen molar-refractivity contribution in [2.45, 2.75) is 40.5 Å². The zero-order valence-electron chi connectivity index (χ0n) is 9.30. The first-order valence-electron chi connectivity index (χ1n) is 5.18. The van der Waals surface area contributed by atoms with Gasteiger partial charge in [-0.25, -0.2) is 0 Å². The highest BCUT2D eigenvalue weighted by atomic mass is 16.3. The van der Waals surface area contributed by atoms with Gasteiger partial charge >= 0.3 is 0 Å². The van der Waals surface area contributed by atoms with Gasteiger partial charge in [0, 0.05) is 13.1 Å². The average Bonchev–Trinajstić information content (AvgIpc) is 2.03. The molecule has 13 heavy (non-hydrogen) atoms. The topological polar surface area (TPSA) is 23.5 Å². The molecule has 77 valence electrons. The molecule has 1 radical (unpaired) electrons. The Morgan fingerprint density at radius 2 is 1.69 bits per heavy atom. The summed E-state index contributed by atoms with van der Waals surface area (Å²) in [6.45, 7) is 10.7. The van der Waals surface area contributed by atoms with Gasteiger partial charge in [-0.2, -0.15) is 0 Å². The molecule has 1 aliphatic heterocycles. The molecule has 0 atom stereocenters. The van der Waals surface area contributed by atoms with Crippen LogP contribution in [0.4, 0.5) is 0 Å². The first kappa shape index (κ1) is 11.0. The van der Waals surface area contributed by atoms with Crippen LogP contribution in [0.25, 0.3) is 0 Å². The second-order valence-electron chi connectivity index (χ2n) is 5.17. The Morgan fingerprint density at radius 3 is 2.00 bits per heavy atom. The maximum Gasteiger partial charge on any atom is 0.158 e. The van der Waals surface area contributed by atoms with Crippen LogP contribution >= 0.6 is 0 Å². The molecule has 0 aromatic carbocycles. The first-order valence-corrected chi connectivity index (χ1v) is 5.18.